The Bertz CT molecular complexity index is 1160. The third kappa shape index (κ3) is 5.76. The van der Waals surface area contributed by atoms with E-state index in [0.717, 1.165) is 18.7 Å². The lowest BCUT2D eigenvalue weighted by Crippen LogP contribution is -2.28. The average molecular weight is 497 g/mol. The second-order valence-electron chi connectivity index (χ2n) is 8.15. The molecule has 10 heteroatoms. The molecule has 9 nitrogen and oxygen atoms in total. The van der Waals surface area contributed by atoms with E-state index in [1.807, 2.05) is 43.9 Å². The van der Waals surface area contributed by atoms with Crippen LogP contribution in [0, 0.1) is 0 Å². The number of carbonyl (C=O) groups is 3. The summed E-state index contributed by atoms with van der Waals surface area (Å²) in [5, 5.41) is 5.87. The molecule has 4 rings (SSSR count). The van der Waals surface area contributed by atoms with Gasteiger partial charge in [0.2, 0.25) is 12.7 Å². The van der Waals surface area contributed by atoms with Crippen molar-refractivity contribution < 1.29 is 23.9 Å². The number of carbonyl (C=O) groups excluding carboxylic acids is 3. The van der Waals surface area contributed by atoms with E-state index in [9.17, 15) is 14.4 Å². The maximum Gasteiger partial charge on any atom is 0.262 e. The first kappa shape index (κ1) is 24.6. The van der Waals surface area contributed by atoms with Gasteiger partial charge in [-0.25, -0.2) is 0 Å². The van der Waals surface area contributed by atoms with Crippen molar-refractivity contribution in [2.24, 2.45) is 4.99 Å². The minimum Gasteiger partial charge on any atom is -0.454 e. The Morgan fingerprint density at radius 3 is 2.69 bits per heavy atom. The number of aliphatic imine (C=N–C) groups is 1. The third-order valence-corrected chi connectivity index (χ3v) is 7.00. The van der Waals surface area contributed by atoms with Gasteiger partial charge in [0.15, 0.2) is 16.7 Å². The van der Waals surface area contributed by atoms with Gasteiger partial charge in [0.25, 0.3) is 11.8 Å². The van der Waals surface area contributed by atoms with E-state index in [4.69, 9.17) is 9.47 Å². The van der Waals surface area contributed by atoms with Gasteiger partial charge in [-0.15, -0.1) is 0 Å². The van der Waals surface area contributed by atoms with Crippen LogP contribution in [0.5, 0.6) is 11.5 Å². The van der Waals surface area contributed by atoms with Crippen molar-refractivity contribution in [2.45, 2.75) is 38.5 Å². The van der Waals surface area contributed by atoms with Gasteiger partial charge in [0.1, 0.15) is 5.25 Å². The minimum atomic E-state index is -0.542. The molecule has 0 spiro atoms. The minimum absolute atomic E-state index is 0.00927. The molecule has 2 aromatic carbocycles. The molecule has 2 heterocycles. The van der Waals surface area contributed by atoms with Gasteiger partial charge in [-0.3, -0.25) is 14.4 Å². The standard InChI is InChI=1S/C25H28N4O5S/c1-4-29(5-2)25-28-24(32)21(35-25)13-22(30)27-18-8-6-7-17(11-18)23(31)26-15(3)16-9-10-19-20(12-16)34-14-33-19/h6-12,15,21H,4-5,13-14H2,1-3H3,(H,26,31)(H,27,30). The van der Waals surface area contributed by atoms with Crippen LogP contribution in [-0.2, 0) is 9.59 Å². The first-order chi connectivity index (χ1) is 16.9. The van der Waals surface area contributed by atoms with Crippen LogP contribution in [0.1, 0.15) is 49.2 Å². The fraction of sp³-hybridized carbons (Fsp3) is 0.360. The summed E-state index contributed by atoms with van der Waals surface area (Å²) in [6.07, 6.45) is 0.00927. The number of hydrogen-bond acceptors (Lipinski definition) is 7. The van der Waals surface area contributed by atoms with Crippen LogP contribution in [0.2, 0.25) is 0 Å². The van der Waals surface area contributed by atoms with Crippen LogP contribution in [0.15, 0.2) is 47.5 Å². The Hall–Kier alpha value is -3.53. The lowest BCUT2D eigenvalue weighted by Gasteiger charge is -2.19. The number of nitrogens with one attached hydrogen (secondary N) is 2. The largest absolute Gasteiger partial charge is 0.454 e. The van der Waals surface area contributed by atoms with E-state index in [1.54, 1.807) is 24.3 Å². The summed E-state index contributed by atoms with van der Waals surface area (Å²) < 4.78 is 10.7. The highest BCUT2D eigenvalue weighted by Crippen LogP contribution is 2.34. The van der Waals surface area contributed by atoms with E-state index in [2.05, 4.69) is 15.6 Å². The second-order valence-corrected chi connectivity index (χ2v) is 9.32. The number of amidine groups is 1. The highest BCUT2D eigenvalue weighted by Gasteiger charge is 2.32. The molecule has 35 heavy (non-hydrogen) atoms. The predicted octanol–water partition coefficient (Wildman–Crippen LogP) is 3.57. The van der Waals surface area contributed by atoms with Crippen molar-refractivity contribution in [1.29, 1.82) is 0 Å². The van der Waals surface area contributed by atoms with Gasteiger partial charge < -0.3 is 25.0 Å². The summed E-state index contributed by atoms with van der Waals surface area (Å²) >= 11 is 1.32. The summed E-state index contributed by atoms with van der Waals surface area (Å²) in [5.41, 5.74) is 1.78. The summed E-state index contributed by atoms with van der Waals surface area (Å²) in [4.78, 5) is 43.8. The number of benzene rings is 2. The molecule has 184 valence electrons. The molecular weight excluding hydrogens is 468 g/mol. The van der Waals surface area contributed by atoms with Gasteiger partial charge in [-0.2, -0.15) is 4.99 Å². The summed E-state index contributed by atoms with van der Waals surface area (Å²) in [5.74, 6) is 0.465. The van der Waals surface area contributed by atoms with Crippen LogP contribution >= 0.6 is 11.8 Å². The van der Waals surface area contributed by atoms with E-state index < -0.39 is 5.25 Å². The zero-order valence-corrected chi connectivity index (χ0v) is 20.7. The number of anilines is 1. The Morgan fingerprint density at radius 2 is 1.91 bits per heavy atom. The number of nitrogens with zero attached hydrogens (tertiary/aromatic N) is 2. The molecule has 0 radical (unpaired) electrons. The highest BCUT2D eigenvalue weighted by molar-refractivity contribution is 8.15. The smallest absolute Gasteiger partial charge is 0.262 e. The topological polar surface area (TPSA) is 109 Å². The predicted molar refractivity (Wildman–Crippen MR) is 135 cm³/mol. The number of amides is 3. The van der Waals surface area contributed by atoms with E-state index >= 15 is 0 Å². The Labute approximate surface area is 208 Å². The molecule has 2 aromatic rings. The van der Waals surface area contributed by atoms with Crippen molar-refractivity contribution >= 4 is 40.3 Å². The third-order valence-electron chi connectivity index (χ3n) is 5.79. The van der Waals surface area contributed by atoms with Gasteiger partial charge in [-0.05, 0) is 56.7 Å². The quantitative estimate of drug-likeness (QED) is 0.575. The second kappa shape index (κ2) is 10.8. The maximum atomic E-state index is 12.8. The lowest BCUT2D eigenvalue weighted by molar-refractivity contribution is -0.121. The normalized spacial score (nSPS) is 17.1. The molecule has 2 aliphatic rings. The van der Waals surface area contributed by atoms with Gasteiger partial charge in [0.05, 0.1) is 6.04 Å². The van der Waals surface area contributed by atoms with Gasteiger partial charge in [-0.1, -0.05) is 23.9 Å². The molecule has 2 atom stereocenters. The fourth-order valence-electron chi connectivity index (χ4n) is 3.80. The maximum absolute atomic E-state index is 12.8. The van der Waals surface area contributed by atoms with E-state index in [1.165, 1.54) is 11.8 Å². The first-order valence-electron chi connectivity index (χ1n) is 11.5. The molecule has 0 fully saturated rings. The van der Waals surface area contributed by atoms with Crippen LogP contribution < -0.4 is 20.1 Å². The van der Waals surface area contributed by atoms with Crippen LogP contribution in [0.4, 0.5) is 5.69 Å². The van der Waals surface area contributed by atoms with Crippen molar-refractivity contribution in [3.63, 3.8) is 0 Å². The van der Waals surface area contributed by atoms with Crippen LogP contribution in [0.25, 0.3) is 0 Å². The van der Waals surface area contributed by atoms with E-state index in [0.29, 0.717) is 27.9 Å². The Balaban J connectivity index is 1.33. The number of thioether (sulfide) groups is 1. The average Bonchev–Trinajstić information content (AvgIpc) is 3.46. The molecular formula is C25H28N4O5S. The van der Waals surface area contributed by atoms with Crippen LogP contribution in [0.3, 0.4) is 0 Å². The van der Waals surface area contributed by atoms with Gasteiger partial charge >= 0.3 is 0 Å². The van der Waals surface area contributed by atoms with Crippen molar-refractivity contribution in [2.75, 3.05) is 25.2 Å². The molecule has 3 amide bonds. The lowest BCUT2D eigenvalue weighted by atomic mass is 10.1. The van der Waals surface area contributed by atoms with Crippen molar-refractivity contribution in [3.05, 3.63) is 53.6 Å². The van der Waals surface area contributed by atoms with Gasteiger partial charge in [0, 0.05) is 30.8 Å². The zero-order chi connectivity index (χ0) is 24.9. The molecule has 0 aliphatic carbocycles. The summed E-state index contributed by atoms with van der Waals surface area (Å²) in [6.45, 7) is 7.56. The highest BCUT2D eigenvalue weighted by atomic mass is 32.2. The molecule has 0 saturated heterocycles. The van der Waals surface area contributed by atoms with Crippen LogP contribution in [-0.4, -0.2) is 52.9 Å². The Morgan fingerprint density at radius 1 is 1.14 bits per heavy atom. The van der Waals surface area contributed by atoms with E-state index in [-0.39, 0.29) is 37.0 Å². The molecule has 2 unspecified atom stereocenters. The number of hydrogen-bond donors (Lipinski definition) is 2. The molecule has 2 aliphatic heterocycles. The monoisotopic (exact) mass is 496 g/mol. The SMILES string of the molecule is CCN(CC)C1=NC(=O)C(CC(=O)Nc2cccc(C(=O)NC(C)c3ccc4c(c3)OCO4)c2)S1. The molecule has 0 bridgehead atoms. The first-order valence-corrected chi connectivity index (χ1v) is 12.4. The molecule has 0 saturated carbocycles. The number of fused-ring (bicyclic) bond motifs is 1. The zero-order valence-electron chi connectivity index (χ0n) is 19.9. The summed E-state index contributed by atoms with van der Waals surface area (Å²) in [7, 11) is 0. The number of ether oxygens (including phenoxy) is 2. The fourth-order valence-corrected chi connectivity index (χ4v) is 5.00. The van der Waals surface area contributed by atoms with Crippen molar-refractivity contribution in [3.8, 4) is 11.5 Å². The molecule has 0 aromatic heterocycles. The Kier molecular flexibility index (Phi) is 7.60. The molecule has 2 N–H and O–H groups in total. The van der Waals surface area contributed by atoms with Crippen molar-refractivity contribution in [1.82, 2.24) is 10.2 Å². The summed E-state index contributed by atoms with van der Waals surface area (Å²) in [6, 6.07) is 12.0. The number of rotatable bonds is 8.